The van der Waals surface area contributed by atoms with Crippen LogP contribution in [0.4, 0.5) is 0 Å². The van der Waals surface area contributed by atoms with E-state index in [1.54, 1.807) is 0 Å². The standard InChI is InChI=1S/C43H60O6/c1-39(2)21-13-22-40(3)34(39)18-23-41(4)35(40)19-24-42(5)36(41)20-25-43(37(42)38(44)45-6)48-32(28-46-26-30-14-9-7-10-15-30)33(49-43)29-47-27-31-16-11-8-12-17-31/h7-12,14-17,32-37H,13,18-29H2,1-6H3/t32-,33-,34+,35-,36+,37-,40+,41-,42+/m0/s1. The van der Waals surface area contributed by atoms with Gasteiger partial charge in [-0.15, -0.1) is 0 Å². The van der Waals surface area contributed by atoms with E-state index in [0.717, 1.165) is 36.3 Å². The lowest BCUT2D eigenvalue weighted by Gasteiger charge is -2.70. The van der Waals surface area contributed by atoms with E-state index < -0.39 is 11.7 Å². The quantitative estimate of drug-likeness (QED) is 0.248. The highest BCUT2D eigenvalue weighted by molar-refractivity contribution is 5.75. The summed E-state index contributed by atoms with van der Waals surface area (Å²) in [6.07, 6.45) is 9.57. The summed E-state index contributed by atoms with van der Waals surface area (Å²) in [6, 6.07) is 20.4. The van der Waals surface area contributed by atoms with Crippen molar-refractivity contribution in [1.29, 1.82) is 0 Å². The molecular formula is C43H60O6. The van der Waals surface area contributed by atoms with E-state index >= 15 is 0 Å². The van der Waals surface area contributed by atoms with Crippen molar-refractivity contribution in [3.63, 3.8) is 0 Å². The molecule has 0 amide bonds. The van der Waals surface area contributed by atoms with E-state index in [1.165, 1.54) is 39.2 Å². The first-order valence-electron chi connectivity index (χ1n) is 19.1. The van der Waals surface area contributed by atoms with Crippen LogP contribution >= 0.6 is 0 Å². The van der Waals surface area contributed by atoms with E-state index in [1.807, 2.05) is 36.4 Å². The first kappa shape index (κ1) is 35.2. The highest BCUT2D eigenvalue weighted by Gasteiger charge is 2.72. The number of esters is 1. The van der Waals surface area contributed by atoms with Gasteiger partial charge in [-0.3, -0.25) is 4.79 Å². The maximum Gasteiger partial charge on any atom is 0.314 e. The molecule has 1 spiro atoms. The molecule has 1 heterocycles. The highest BCUT2D eigenvalue weighted by atomic mass is 16.8. The Morgan fingerprint density at radius 1 is 0.653 bits per heavy atom. The molecule has 1 saturated heterocycles. The fourth-order valence-corrected chi connectivity index (χ4v) is 12.7. The molecule has 4 aliphatic carbocycles. The Morgan fingerprint density at radius 3 is 1.71 bits per heavy atom. The molecule has 1 aliphatic heterocycles. The Hall–Kier alpha value is -2.25. The number of rotatable bonds is 9. The summed E-state index contributed by atoms with van der Waals surface area (Å²) in [5, 5.41) is 0. The van der Waals surface area contributed by atoms with Crippen molar-refractivity contribution in [3.05, 3.63) is 71.8 Å². The van der Waals surface area contributed by atoms with Crippen LogP contribution < -0.4 is 0 Å². The van der Waals surface area contributed by atoms with Gasteiger partial charge in [0.1, 0.15) is 18.1 Å². The normalized spacial score (nSPS) is 39.1. The third-order valence-corrected chi connectivity index (χ3v) is 14.6. The summed E-state index contributed by atoms with van der Waals surface area (Å²) in [7, 11) is 1.53. The van der Waals surface area contributed by atoms with E-state index in [4.69, 9.17) is 23.7 Å². The first-order valence-corrected chi connectivity index (χ1v) is 19.1. The topological polar surface area (TPSA) is 63.2 Å². The summed E-state index contributed by atoms with van der Waals surface area (Å²) in [4.78, 5) is 14.2. The molecule has 0 aromatic heterocycles. The van der Waals surface area contributed by atoms with Gasteiger partial charge < -0.3 is 23.7 Å². The van der Waals surface area contributed by atoms with Crippen LogP contribution in [0.2, 0.25) is 0 Å². The molecular weight excluding hydrogens is 612 g/mol. The Balaban J connectivity index is 1.16. The molecule has 49 heavy (non-hydrogen) atoms. The monoisotopic (exact) mass is 672 g/mol. The van der Waals surface area contributed by atoms with E-state index in [0.29, 0.717) is 55.5 Å². The van der Waals surface area contributed by atoms with Crippen molar-refractivity contribution >= 4 is 5.97 Å². The molecule has 5 fully saturated rings. The third-order valence-electron chi connectivity index (χ3n) is 14.6. The van der Waals surface area contributed by atoms with Gasteiger partial charge in [-0.1, -0.05) is 102 Å². The van der Waals surface area contributed by atoms with Gasteiger partial charge in [0.15, 0.2) is 5.79 Å². The fraction of sp³-hybridized carbons (Fsp3) is 0.698. The molecule has 0 unspecified atom stereocenters. The Labute approximate surface area is 295 Å². The van der Waals surface area contributed by atoms with Crippen LogP contribution in [0, 0.1) is 45.3 Å². The van der Waals surface area contributed by atoms with Crippen LogP contribution in [0.5, 0.6) is 0 Å². The lowest BCUT2D eigenvalue weighted by atomic mass is 9.34. The van der Waals surface area contributed by atoms with Gasteiger partial charge in [-0.2, -0.15) is 0 Å². The maximum atomic E-state index is 14.2. The zero-order chi connectivity index (χ0) is 34.5. The summed E-state index contributed by atoms with van der Waals surface area (Å²) in [6.45, 7) is 14.3. The van der Waals surface area contributed by atoms with Gasteiger partial charge in [-0.25, -0.2) is 0 Å². The van der Waals surface area contributed by atoms with E-state index in [9.17, 15) is 4.79 Å². The average Bonchev–Trinajstić information content (AvgIpc) is 3.41. The van der Waals surface area contributed by atoms with Crippen LogP contribution in [0.25, 0.3) is 0 Å². The first-order chi connectivity index (χ1) is 23.5. The van der Waals surface area contributed by atoms with Gasteiger partial charge in [0.2, 0.25) is 0 Å². The maximum absolute atomic E-state index is 14.2. The second-order valence-electron chi connectivity index (χ2n) is 17.7. The number of hydrogen-bond acceptors (Lipinski definition) is 6. The predicted molar refractivity (Wildman–Crippen MR) is 190 cm³/mol. The molecule has 9 atom stereocenters. The number of fused-ring (bicyclic) bond motifs is 5. The van der Waals surface area contributed by atoms with Crippen LogP contribution in [0.3, 0.4) is 0 Å². The SMILES string of the molecule is COC(=O)[C@@H]1C2(CC[C@@H]3[C@@]4(C)CC[C@@H]5C(C)(C)CCC[C@@]5(C)[C@@H]4CC[C@]31C)O[C@@H](COCc1ccccc1)[C@H](COCc1ccccc1)O2. The van der Waals surface area contributed by atoms with Crippen LogP contribution in [0.15, 0.2) is 60.7 Å². The van der Waals surface area contributed by atoms with E-state index in [2.05, 4.69) is 58.9 Å². The number of methoxy groups -OCH3 is 1. The van der Waals surface area contributed by atoms with Crippen molar-refractivity contribution in [1.82, 2.24) is 0 Å². The molecule has 0 bridgehead atoms. The lowest BCUT2D eigenvalue weighted by Crippen LogP contribution is -2.67. The fourth-order valence-electron chi connectivity index (χ4n) is 12.7. The predicted octanol–water partition coefficient (Wildman–Crippen LogP) is 9.15. The van der Waals surface area contributed by atoms with Crippen molar-refractivity contribution in [2.24, 2.45) is 45.3 Å². The summed E-state index contributed by atoms with van der Waals surface area (Å²) < 4.78 is 32.4. The minimum Gasteiger partial charge on any atom is -0.469 e. The molecule has 7 rings (SSSR count). The number of hydrogen-bond donors (Lipinski definition) is 0. The molecule has 5 aliphatic rings. The van der Waals surface area contributed by atoms with Crippen LogP contribution in [0.1, 0.15) is 104 Å². The highest BCUT2D eigenvalue weighted by Crippen LogP contribution is 2.74. The zero-order valence-corrected chi connectivity index (χ0v) is 30.9. The number of ether oxygens (including phenoxy) is 5. The minimum absolute atomic E-state index is 0.161. The van der Waals surface area contributed by atoms with Crippen LogP contribution in [-0.2, 0) is 41.7 Å². The Bertz CT molecular complexity index is 1390. The second-order valence-corrected chi connectivity index (χ2v) is 17.7. The molecule has 268 valence electrons. The van der Waals surface area contributed by atoms with Crippen molar-refractivity contribution < 1.29 is 28.5 Å². The molecule has 6 heteroatoms. The summed E-state index contributed by atoms with van der Waals surface area (Å²) in [5.74, 6) is 0.0135. The number of carbonyl (C=O) groups excluding carboxylic acids is 1. The van der Waals surface area contributed by atoms with Crippen molar-refractivity contribution in [2.45, 2.75) is 124 Å². The average molecular weight is 673 g/mol. The van der Waals surface area contributed by atoms with Crippen molar-refractivity contribution in [3.8, 4) is 0 Å². The largest absolute Gasteiger partial charge is 0.469 e. The number of carbonyl (C=O) groups is 1. The molecule has 4 saturated carbocycles. The molecule has 0 radical (unpaired) electrons. The third kappa shape index (κ3) is 6.11. The minimum atomic E-state index is -1.07. The summed E-state index contributed by atoms with van der Waals surface area (Å²) in [5.41, 5.74) is 2.81. The van der Waals surface area contributed by atoms with Gasteiger partial charge in [0.05, 0.1) is 33.5 Å². The van der Waals surface area contributed by atoms with Crippen molar-refractivity contribution in [2.75, 3.05) is 20.3 Å². The summed E-state index contributed by atoms with van der Waals surface area (Å²) >= 11 is 0. The molecule has 0 N–H and O–H groups in total. The van der Waals surface area contributed by atoms with Gasteiger partial charge in [-0.05, 0) is 95.5 Å². The van der Waals surface area contributed by atoms with E-state index in [-0.39, 0.29) is 29.0 Å². The smallest absolute Gasteiger partial charge is 0.314 e. The van der Waals surface area contributed by atoms with Gasteiger partial charge in [0, 0.05) is 6.42 Å². The lowest BCUT2D eigenvalue weighted by molar-refractivity contribution is -0.298. The van der Waals surface area contributed by atoms with Crippen LogP contribution in [-0.4, -0.2) is 44.3 Å². The zero-order valence-electron chi connectivity index (χ0n) is 30.9. The van der Waals surface area contributed by atoms with Gasteiger partial charge in [0.25, 0.3) is 0 Å². The molecule has 6 nitrogen and oxygen atoms in total. The molecule has 2 aromatic rings. The second kappa shape index (κ2) is 13.4. The van der Waals surface area contributed by atoms with Gasteiger partial charge >= 0.3 is 5.97 Å². The Morgan fingerprint density at radius 2 is 1.14 bits per heavy atom. The molecule has 2 aromatic carbocycles. The number of benzene rings is 2. The Kier molecular flexibility index (Phi) is 9.60.